The van der Waals surface area contributed by atoms with Gasteiger partial charge in [-0.15, -0.1) is 0 Å². The molecule has 108 valence electrons. The topological polar surface area (TPSA) is 62.3 Å². The maximum absolute atomic E-state index is 12.3. The van der Waals surface area contributed by atoms with Crippen LogP contribution in [0.5, 0.6) is 0 Å². The van der Waals surface area contributed by atoms with Gasteiger partial charge in [-0.1, -0.05) is 6.07 Å². The fraction of sp³-hybridized carbons (Fsp3) is 0.533. The van der Waals surface area contributed by atoms with E-state index < -0.39 is 11.8 Å². The lowest BCUT2D eigenvalue weighted by atomic mass is 9.97. The van der Waals surface area contributed by atoms with Crippen molar-refractivity contribution in [2.24, 2.45) is 0 Å². The third-order valence-corrected chi connectivity index (χ3v) is 3.75. The van der Waals surface area contributed by atoms with E-state index in [9.17, 15) is 9.59 Å². The average molecular weight is 275 g/mol. The van der Waals surface area contributed by atoms with Gasteiger partial charge in [0.2, 0.25) is 0 Å². The largest absolute Gasteiger partial charge is 0.329 e. The normalized spacial score (nSPS) is 22.4. The summed E-state index contributed by atoms with van der Waals surface area (Å²) < 4.78 is 0. The standard InChI is InChI=1S/C15H21N3O2/c1-10-6-4-9-13(16-10)17-14(19)15(20)18-11(2)7-5-8-12(18)3/h4,6,9,11-12H,5,7-8H2,1-3H3,(H,16,17,19). The molecular weight excluding hydrogens is 254 g/mol. The Hall–Kier alpha value is -1.91. The molecule has 2 unspecified atom stereocenters. The Balaban J connectivity index is 2.06. The first-order valence-electron chi connectivity index (χ1n) is 7.06. The molecule has 20 heavy (non-hydrogen) atoms. The van der Waals surface area contributed by atoms with Gasteiger partial charge in [-0.25, -0.2) is 4.98 Å². The molecule has 0 bridgehead atoms. The number of piperidine rings is 1. The molecule has 1 aliphatic rings. The maximum atomic E-state index is 12.3. The second-order valence-corrected chi connectivity index (χ2v) is 5.46. The van der Waals surface area contributed by atoms with E-state index in [4.69, 9.17) is 0 Å². The monoisotopic (exact) mass is 275 g/mol. The molecule has 0 aliphatic carbocycles. The quantitative estimate of drug-likeness (QED) is 0.798. The van der Waals surface area contributed by atoms with Crippen LogP contribution >= 0.6 is 0 Å². The Labute approximate surface area is 119 Å². The molecule has 1 aromatic rings. The predicted molar refractivity (Wildman–Crippen MR) is 77.2 cm³/mol. The van der Waals surface area contributed by atoms with Gasteiger partial charge in [-0.2, -0.15) is 0 Å². The fourth-order valence-electron chi connectivity index (χ4n) is 2.72. The van der Waals surface area contributed by atoms with Gasteiger partial charge < -0.3 is 10.2 Å². The van der Waals surface area contributed by atoms with E-state index in [1.54, 1.807) is 17.0 Å². The Bertz CT molecular complexity index is 506. The summed E-state index contributed by atoms with van der Waals surface area (Å²) in [5.74, 6) is -0.655. The number of nitrogens with zero attached hydrogens (tertiary/aromatic N) is 2. The van der Waals surface area contributed by atoms with Gasteiger partial charge in [0.1, 0.15) is 5.82 Å². The number of aromatic nitrogens is 1. The number of amides is 2. The van der Waals surface area contributed by atoms with Gasteiger partial charge in [0.05, 0.1) is 0 Å². The molecule has 2 rings (SSSR count). The summed E-state index contributed by atoms with van der Waals surface area (Å²) in [6.07, 6.45) is 3.01. The first-order valence-corrected chi connectivity index (χ1v) is 7.06. The summed E-state index contributed by atoms with van der Waals surface area (Å²) in [6.45, 7) is 5.82. The molecule has 5 nitrogen and oxygen atoms in total. The number of carbonyl (C=O) groups excluding carboxylic acids is 2. The molecule has 1 saturated heterocycles. The van der Waals surface area contributed by atoms with Crippen LogP contribution in [0, 0.1) is 6.92 Å². The number of pyridine rings is 1. The Morgan fingerprint density at radius 1 is 1.25 bits per heavy atom. The van der Waals surface area contributed by atoms with Gasteiger partial charge >= 0.3 is 11.8 Å². The number of hydrogen-bond donors (Lipinski definition) is 1. The average Bonchev–Trinajstić information content (AvgIpc) is 2.38. The minimum atomic E-state index is -0.608. The highest BCUT2D eigenvalue weighted by Crippen LogP contribution is 2.22. The molecule has 1 aliphatic heterocycles. The summed E-state index contributed by atoms with van der Waals surface area (Å²) in [4.78, 5) is 30.2. The van der Waals surface area contributed by atoms with E-state index in [2.05, 4.69) is 10.3 Å². The number of rotatable bonds is 1. The Morgan fingerprint density at radius 3 is 2.50 bits per heavy atom. The highest BCUT2D eigenvalue weighted by atomic mass is 16.2. The van der Waals surface area contributed by atoms with E-state index >= 15 is 0 Å². The van der Waals surface area contributed by atoms with Crippen LogP contribution in [-0.4, -0.2) is 33.8 Å². The summed E-state index contributed by atoms with van der Waals surface area (Å²) in [6, 6.07) is 5.55. The molecule has 5 heteroatoms. The van der Waals surface area contributed by atoms with E-state index in [0.29, 0.717) is 5.82 Å². The lowest BCUT2D eigenvalue weighted by Crippen LogP contribution is -2.51. The first kappa shape index (κ1) is 14.5. The van der Waals surface area contributed by atoms with Crippen molar-refractivity contribution in [1.82, 2.24) is 9.88 Å². The number of hydrogen-bond acceptors (Lipinski definition) is 3. The minimum Gasteiger partial charge on any atom is -0.329 e. The molecule has 0 saturated carbocycles. The van der Waals surface area contributed by atoms with Gasteiger partial charge in [-0.05, 0) is 52.2 Å². The van der Waals surface area contributed by atoms with Crippen LogP contribution in [0.15, 0.2) is 18.2 Å². The lowest BCUT2D eigenvalue weighted by Gasteiger charge is -2.38. The van der Waals surface area contributed by atoms with Crippen LogP contribution in [-0.2, 0) is 9.59 Å². The van der Waals surface area contributed by atoms with Gasteiger partial charge in [0.25, 0.3) is 0 Å². The SMILES string of the molecule is Cc1cccc(NC(=O)C(=O)N2C(C)CCCC2C)n1. The minimum absolute atomic E-state index is 0.113. The third kappa shape index (κ3) is 3.15. The molecule has 2 amide bonds. The number of nitrogens with one attached hydrogen (secondary N) is 1. The second-order valence-electron chi connectivity index (χ2n) is 5.46. The molecule has 1 aromatic heterocycles. The predicted octanol–water partition coefficient (Wildman–Crippen LogP) is 2.12. The van der Waals surface area contributed by atoms with E-state index in [1.807, 2.05) is 26.8 Å². The van der Waals surface area contributed by atoms with Crippen LogP contribution in [0.4, 0.5) is 5.82 Å². The summed E-state index contributed by atoms with van der Waals surface area (Å²) in [5.41, 5.74) is 0.801. The van der Waals surface area contributed by atoms with Crippen molar-refractivity contribution in [1.29, 1.82) is 0 Å². The smallest absolute Gasteiger partial charge is 0.315 e. The lowest BCUT2D eigenvalue weighted by molar-refractivity contribution is -0.147. The number of carbonyl (C=O) groups is 2. The van der Waals surface area contributed by atoms with E-state index in [1.165, 1.54) is 0 Å². The zero-order chi connectivity index (χ0) is 14.7. The molecule has 2 atom stereocenters. The highest BCUT2D eigenvalue weighted by Gasteiger charge is 2.32. The zero-order valence-corrected chi connectivity index (χ0v) is 12.2. The summed E-state index contributed by atoms with van der Waals surface area (Å²) >= 11 is 0. The maximum Gasteiger partial charge on any atom is 0.315 e. The zero-order valence-electron chi connectivity index (χ0n) is 12.2. The van der Waals surface area contributed by atoms with Crippen LogP contribution in [0.2, 0.25) is 0 Å². The number of aryl methyl sites for hydroxylation is 1. The summed E-state index contributed by atoms with van der Waals surface area (Å²) in [7, 11) is 0. The molecule has 2 heterocycles. The Morgan fingerprint density at radius 2 is 1.90 bits per heavy atom. The first-order chi connectivity index (χ1) is 9.49. The highest BCUT2D eigenvalue weighted by molar-refractivity contribution is 6.39. The van der Waals surface area contributed by atoms with E-state index in [-0.39, 0.29) is 12.1 Å². The number of anilines is 1. The van der Waals surface area contributed by atoms with Crippen LogP contribution in [0.25, 0.3) is 0 Å². The third-order valence-electron chi connectivity index (χ3n) is 3.75. The molecule has 0 spiro atoms. The molecule has 0 aromatic carbocycles. The van der Waals surface area contributed by atoms with E-state index in [0.717, 1.165) is 25.0 Å². The van der Waals surface area contributed by atoms with Gasteiger partial charge in [0, 0.05) is 17.8 Å². The number of likely N-dealkylation sites (tertiary alicyclic amines) is 1. The van der Waals surface area contributed by atoms with Crippen LogP contribution in [0.3, 0.4) is 0 Å². The van der Waals surface area contributed by atoms with Crippen molar-refractivity contribution in [2.75, 3.05) is 5.32 Å². The van der Waals surface area contributed by atoms with Gasteiger partial charge in [-0.3, -0.25) is 9.59 Å². The molecule has 1 N–H and O–H groups in total. The van der Waals surface area contributed by atoms with Crippen molar-refractivity contribution < 1.29 is 9.59 Å². The van der Waals surface area contributed by atoms with Crippen molar-refractivity contribution in [3.8, 4) is 0 Å². The van der Waals surface area contributed by atoms with Crippen molar-refractivity contribution in [3.63, 3.8) is 0 Å². The second kappa shape index (κ2) is 6.03. The van der Waals surface area contributed by atoms with Crippen molar-refractivity contribution >= 4 is 17.6 Å². The molecular formula is C15H21N3O2. The van der Waals surface area contributed by atoms with Crippen LogP contribution < -0.4 is 5.32 Å². The molecule has 0 radical (unpaired) electrons. The van der Waals surface area contributed by atoms with Crippen LogP contribution in [0.1, 0.15) is 38.8 Å². The fourth-order valence-corrected chi connectivity index (χ4v) is 2.72. The summed E-state index contributed by atoms with van der Waals surface area (Å²) in [5, 5.41) is 2.58. The Kier molecular flexibility index (Phi) is 4.37. The molecule has 1 fully saturated rings. The van der Waals surface area contributed by atoms with Gasteiger partial charge in [0.15, 0.2) is 0 Å². The van der Waals surface area contributed by atoms with Crippen molar-refractivity contribution in [2.45, 2.75) is 52.1 Å². The van der Waals surface area contributed by atoms with Crippen molar-refractivity contribution in [3.05, 3.63) is 23.9 Å².